The topological polar surface area (TPSA) is 78.4 Å². The molecule has 0 radical (unpaired) electrons. The molecule has 0 bridgehead atoms. The molecular formula is C11H20N2O3S. The molecule has 0 spiro atoms. The van der Waals surface area contributed by atoms with Gasteiger partial charge < -0.3 is 15.7 Å². The van der Waals surface area contributed by atoms with Gasteiger partial charge in [-0.15, -0.1) is 0 Å². The minimum absolute atomic E-state index is 0.130. The lowest BCUT2D eigenvalue weighted by Crippen LogP contribution is -2.49. The summed E-state index contributed by atoms with van der Waals surface area (Å²) < 4.78 is 0. The van der Waals surface area contributed by atoms with E-state index >= 15 is 0 Å². The van der Waals surface area contributed by atoms with Crippen molar-refractivity contribution in [1.29, 1.82) is 0 Å². The van der Waals surface area contributed by atoms with E-state index in [-0.39, 0.29) is 12.1 Å². The average Bonchev–Trinajstić information content (AvgIpc) is 3.07. The molecule has 0 aromatic rings. The Morgan fingerprint density at radius 3 is 2.53 bits per heavy atom. The minimum Gasteiger partial charge on any atom is -0.480 e. The van der Waals surface area contributed by atoms with Crippen molar-refractivity contribution in [1.82, 2.24) is 10.6 Å². The first kappa shape index (κ1) is 14.2. The van der Waals surface area contributed by atoms with Crippen molar-refractivity contribution in [2.45, 2.75) is 38.3 Å². The number of nitrogens with one attached hydrogen (secondary N) is 2. The first-order chi connectivity index (χ1) is 8.04. The van der Waals surface area contributed by atoms with Crippen molar-refractivity contribution < 1.29 is 14.7 Å². The van der Waals surface area contributed by atoms with Gasteiger partial charge in [-0.1, -0.05) is 0 Å². The normalized spacial score (nSPS) is 18.2. The highest BCUT2D eigenvalue weighted by Crippen LogP contribution is 2.32. The van der Waals surface area contributed by atoms with Crippen molar-refractivity contribution >= 4 is 23.8 Å². The number of carbonyl (C=O) groups is 2. The molecule has 0 aliphatic heterocycles. The quantitative estimate of drug-likeness (QED) is 0.644. The molecule has 0 saturated heterocycles. The predicted molar refractivity (Wildman–Crippen MR) is 68.3 cm³/mol. The summed E-state index contributed by atoms with van der Waals surface area (Å²) in [5, 5.41) is 14.2. The average molecular weight is 260 g/mol. The highest BCUT2D eigenvalue weighted by atomic mass is 32.2. The van der Waals surface area contributed by atoms with E-state index in [1.807, 2.05) is 13.2 Å². The largest absolute Gasteiger partial charge is 0.480 e. The van der Waals surface area contributed by atoms with Crippen molar-refractivity contribution in [3.63, 3.8) is 0 Å². The van der Waals surface area contributed by atoms with Gasteiger partial charge in [0.1, 0.15) is 6.04 Å². The molecule has 0 aromatic carbocycles. The Bertz CT molecular complexity index is 282. The van der Waals surface area contributed by atoms with Gasteiger partial charge in [0.15, 0.2) is 0 Å². The third-order valence-corrected chi connectivity index (χ3v) is 3.55. The Morgan fingerprint density at radius 1 is 1.41 bits per heavy atom. The van der Waals surface area contributed by atoms with Gasteiger partial charge in [-0.3, -0.25) is 0 Å². The van der Waals surface area contributed by atoms with Crippen LogP contribution in [0.4, 0.5) is 4.79 Å². The second-order valence-electron chi connectivity index (χ2n) is 4.42. The van der Waals surface area contributed by atoms with E-state index in [0.717, 1.165) is 18.6 Å². The zero-order valence-corrected chi connectivity index (χ0v) is 11.0. The number of hydrogen-bond acceptors (Lipinski definition) is 3. The number of urea groups is 1. The van der Waals surface area contributed by atoms with Crippen molar-refractivity contribution in [3.8, 4) is 0 Å². The number of thioether (sulfide) groups is 1. The summed E-state index contributed by atoms with van der Waals surface area (Å²) >= 11 is 1.57. The molecule has 0 heterocycles. The first-order valence-corrected chi connectivity index (χ1v) is 7.22. The Morgan fingerprint density at radius 2 is 2.06 bits per heavy atom. The number of carboxylic acid groups (broad SMARTS) is 1. The smallest absolute Gasteiger partial charge is 0.326 e. The number of aliphatic carboxylic acids is 1. The van der Waals surface area contributed by atoms with Crippen molar-refractivity contribution in [2.24, 2.45) is 5.92 Å². The molecule has 2 atom stereocenters. The number of carboxylic acids is 1. The molecule has 17 heavy (non-hydrogen) atoms. The standard InChI is InChI=1S/C11H20N2O3S/c1-7(8-3-4-8)12-11(16)13-9(10(14)15)5-6-17-2/h7-9H,3-6H2,1-2H3,(H,14,15)(H2,12,13,16). The van der Waals surface area contributed by atoms with Crippen LogP contribution >= 0.6 is 11.8 Å². The summed E-state index contributed by atoms with van der Waals surface area (Å²) in [6.07, 6.45) is 4.66. The molecular weight excluding hydrogens is 240 g/mol. The highest BCUT2D eigenvalue weighted by Gasteiger charge is 2.29. The van der Waals surface area contributed by atoms with Gasteiger partial charge in [0.25, 0.3) is 0 Å². The lowest BCUT2D eigenvalue weighted by molar-refractivity contribution is -0.139. The number of carbonyl (C=O) groups excluding carboxylic acids is 1. The van der Waals surface area contributed by atoms with Gasteiger partial charge in [-0.2, -0.15) is 11.8 Å². The van der Waals surface area contributed by atoms with Gasteiger partial charge in [-0.05, 0) is 44.1 Å². The van der Waals surface area contributed by atoms with Crippen LogP contribution < -0.4 is 10.6 Å². The van der Waals surface area contributed by atoms with E-state index in [0.29, 0.717) is 12.3 Å². The van der Waals surface area contributed by atoms with Crippen LogP contribution in [-0.2, 0) is 4.79 Å². The maximum atomic E-state index is 11.6. The second-order valence-corrected chi connectivity index (χ2v) is 5.40. The summed E-state index contributed by atoms with van der Waals surface area (Å²) in [4.78, 5) is 22.5. The number of amides is 2. The van der Waals surface area contributed by atoms with Crippen LogP contribution in [0.25, 0.3) is 0 Å². The number of hydrogen-bond donors (Lipinski definition) is 3. The molecule has 2 amide bonds. The third kappa shape index (κ3) is 5.30. The summed E-state index contributed by atoms with van der Waals surface area (Å²) in [6, 6.07) is -1.04. The van der Waals surface area contributed by atoms with E-state index < -0.39 is 12.0 Å². The molecule has 1 aliphatic rings. The maximum absolute atomic E-state index is 11.6. The Labute approximate surface area is 106 Å². The third-order valence-electron chi connectivity index (χ3n) is 2.90. The zero-order valence-electron chi connectivity index (χ0n) is 10.2. The molecule has 5 nitrogen and oxygen atoms in total. The highest BCUT2D eigenvalue weighted by molar-refractivity contribution is 7.98. The fraction of sp³-hybridized carbons (Fsp3) is 0.818. The Balaban J connectivity index is 2.31. The second kappa shape index (κ2) is 6.74. The van der Waals surface area contributed by atoms with Gasteiger partial charge in [0.2, 0.25) is 0 Å². The lowest BCUT2D eigenvalue weighted by atomic mass is 10.2. The monoisotopic (exact) mass is 260 g/mol. The van der Waals surface area contributed by atoms with Gasteiger partial charge in [-0.25, -0.2) is 9.59 Å². The van der Waals surface area contributed by atoms with E-state index in [2.05, 4.69) is 10.6 Å². The molecule has 0 aromatic heterocycles. The van der Waals surface area contributed by atoms with Crippen molar-refractivity contribution in [2.75, 3.05) is 12.0 Å². The summed E-state index contributed by atoms with van der Waals surface area (Å²) in [5.41, 5.74) is 0. The minimum atomic E-state index is -0.978. The molecule has 1 rings (SSSR count). The van der Waals surface area contributed by atoms with Crippen molar-refractivity contribution in [3.05, 3.63) is 0 Å². The fourth-order valence-electron chi connectivity index (χ4n) is 1.61. The van der Waals surface area contributed by atoms with Crippen LogP contribution in [-0.4, -0.2) is 41.2 Å². The van der Waals surface area contributed by atoms with Crippen LogP contribution in [0, 0.1) is 5.92 Å². The first-order valence-electron chi connectivity index (χ1n) is 5.83. The summed E-state index contributed by atoms with van der Waals surface area (Å²) in [6.45, 7) is 1.95. The maximum Gasteiger partial charge on any atom is 0.326 e. The molecule has 1 fully saturated rings. The SMILES string of the molecule is CSCCC(NC(=O)NC(C)C1CC1)C(=O)O. The van der Waals surface area contributed by atoms with E-state index in [4.69, 9.17) is 5.11 Å². The Kier molecular flexibility index (Phi) is 5.61. The summed E-state index contributed by atoms with van der Waals surface area (Å²) in [5.74, 6) is 0.304. The van der Waals surface area contributed by atoms with E-state index in [1.54, 1.807) is 11.8 Å². The molecule has 6 heteroatoms. The molecule has 1 aliphatic carbocycles. The van der Waals surface area contributed by atoms with Gasteiger partial charge >= 0.3 is 12.0 Å². The molecule has 2 unspecified atom stereocenters. The van der Waals surface area contributed by atoms with Gasteiger partial charge in [0.05, 0.1) is 0 Å². The molecule has 1 saturated carbocycles. The summed E-state index contributed by atoms with van der Waals surface area (Å²) in [7, 11) is 0. The number of rotatable bonds is 7. The fourth-order valence-corrected chi connectivity index (χ4v) is 2.09. The van der Waals surface area contributed by atoms with Crippen LogP contribution in [0.2, 0.25) is 0 Å². The molecule has 98 valence electrons. The van der Waals surface area contributed by atoms with E-state index in [9.17, 15) is 9.59 Å². The van der Waals surface area contributed by atoms with Crippen LogP contribution in [0.15, 0.2) is 0 Å². The van der Waals surface area contributed by atoms with Crippen LogP contribution in [0.1, 0.15) is 26.2 Å². The lowest BCUT2D eigenvalue weighted by Gasteiger charge is -2.17. The Hall–Kier alpha value is -0.910. The zero-order chi connectivity index (χ0) is 12.8. The van der Waals surface area contributed by atoms with Crippen LogP contribution in [0.3, 0.4) is 0 Å². The van der Waals surface area contributed by atoms with E-state index in [1.165, 1.54) is 0 Å². The predicted octanol–water partition coefficient (Wildman–Crippen LogP) is 1.29. The van der Waals surface area contributed by atoms with Gasteiger partial charge in [0, 0.05) is 6.04 Å². The molecule has 3 N–H and O–H groups in total. The van der Waals surface area contributed by atoms with Crippen LogP contribution in [0.5, 0.6) is 0 Å².